The van der Waals surface area contributed by atoms with E-state index in [0.29, 0.717) is 28.1 Å². The Kier molecular flexibility index (Phi) is 4.45. The molecule has 0 aliphatic rings. The minimum absolute atomic E-state index is 0.0338. The summed E-state index contributed by atoms with van der Waals surface area (Å²) in [7, 11) is 1.47. The molecular formula is C16H17ClN6O2. The molecule has 25 heavy (non-hydrogen) atoms. The molecule has 9 heteroatoms. The number of aromatic nitrogens is 5. The minimum Gasteiger partial charge on any atom is -0.504 e. The van der Waals surface area contributed by atoms with E-state index in [9.17, 15) is 5.11 Å². The van der Waals surface area contributed by atoms with Gasteiger partial charge in [-0.2, -0.15) is 14.9 Å². The maximum Gasteiger partial charge on any atom is 0.273 e. The molecule has 0 bridgehead atoms. The van der Waals surface area contributed by atoms with Gasteiger partial charge in [0.25, 0.3) is 5.95 Å². The van der Waals surface area contributed by atoms with Crippen molar-refractivity contribution in [1.29, 1.82) is 0 Å². The minimum atomic E-state index is -0.0338. The van der Waals surface area contributed by atoms with Crippen LogP contribution in [0.25, 0.3) is 5.95 Å². The van der Waals surface area contributed by atoms with Gasteiger partial charge in [-0.25, -0.2) is 4.68 Å². The zero-order valence-corrected chi connectivity index (χ0v) is 15.0. The molecule has 3 aromatic rings. The highest BCUT2D eigenvalue weighted by Gasteiger charge is 2.14. The molecule has 0 radical (unpaired) electrons. The smallest absolute Gasteiger partial charge is 0.273 e. The fourth-order valence-corrected chi connectivity index (χ4v) is 2.59. The first-order valence-corrected chi connectivity index (χ1v) is 7.85. The van der Waals surface area contributed by atoms with Gasteiger partial charge in [0.15, 0.2) is 17.3 Å². The van der Waals surface area contributed by atoms with Gasteiger partial charge in [-0.05, 0) is 32.9 Å². The molecule has 0 spiro atoms. The zero-order chi connectivity index (χ0) is 18.1. The Morgan fingerprint density at radius 2 is 1.96 bits per heavy atom. The summed E-state index contributed by atoms with van der Waals surface area (Å²) in [5.41, 5.74) is 2.38. The molecule has 0 saturated heterocycles. The van der Waals surface area contributed by atoms with Crippen LogP contribution >= 0.6 is 11.6 Å². The standard InChI is InChI=1S/C16H17ClN6O2/c1-9-5-10(2)22(21-9)16-20-19-11(3)23(16)18-8-12-6-15(25-4)14(24)7-13(12)17/h5-8,24H,1-4H3. The molecule has 8 nitrogen and oxygen atoms in total. The predicted octanol–water partition coefficient (Wildman–Crippen LogP) is 2.64. The second-order valence-electron chi connectivity index (χ2n) is 5.49. The lowest BCUT2D eigenvalue weighted by Crippen LogP contribution is -2.08. The monoisotopic (exact) mass is 360 g/mol. The highest BCUT2D eigenvalue weighted by Crippen LogP contribution is 2.31. The lowest BCUT2D eigenvalue weighted by molar-refractivity contribution is 0.373. The number of methoxy groups -OCH3 is 1. The Labute approximate surface area is 149 Å². The summed E-state index contributed by atoms with van der Waals surface area (Å²) in [5, 5.41) is 27.1. The second-order valence-corrected chi connectivity index (χ2v) is 5.90. The average molecular weight is 361 g/mol. The van der Waals surface area contributed by atoms with Crippen LogP contribution in [-0.2, 0) is 0 Å². The van der Waals surface area contributed by atoms with Gasteiger partial charge in [-0.15, -0.1) is 10.2 Å². The third-order valence-corrected chi connectivity index (χ3v) is 3.92. The van der Waals surface area contributed by atoms with Gasteiger partial charge in [0.1, 0.15) is 0 Å². The first-order chi connectivity index (χ1) is 11.9. The van der Waals surface area contributed by atoms with Crippen molar-refractivity contribution in [1.82, 2.24) is 24.7 Å². The van der Waals surface area contributed by atoms with Crippen LogP contribution in [0, 0.1) is 20.8 Å². The number of ether oxygens (including phenoxy) is 1. The van der Waals surface area contributed by atoms with Gasteiger partial charge in [-0.3, -0.25) is 0 Å². The number of aromatic hydroxyl groups is 1. The Morgan fingerprint density at radius 1 is 1.20 bits per heavy atom. The molecule has 0 unspecified atom stereocenters. The summed E-state index contributed by atoms with van der Waals surface area (Å²) in [5.74, 6) is 1.35. The fourth-order valence-electron chi connectivity index (χ4n) is 2.39. The van der Waals surface area contributed by atoms with Gasteiger partial charge >= 0.3 is 0 Å². The number of hydrogen-bond donors (Lipinski definition) is 1. The van der Waals surface area contributed by atoms with Crippen molar-refractivity contribution in [2.75, 3.05) is 7.11 Å². The summed E-state index contributed by atoms with van der Waals surface area (Å²) >= 11 is 6.16. The molecule has 0 fully saturated rings. The summed E-state index contributed by atoms with van der Waals surface area (Å²) < 4.78 is 8.33. The zero-order valence-electron chi connectivity index (χ0n) is 14.2. The molecular weight excluding hydrogens is 344 g/mol. The molecule has 1 N–H and O–H groups in total. The summed E-state index contributed by atoms with van der Waals surface area (Å²) in [6, 6.07) is 4.95. The summed E-state index contributed by atoms with van der Waals surface area (Å²) in [6.07, 6.45) is 1.55. The topological polar surface area (TPSA) is 90.4 Å². The predicted molar refractivity (Wildman–Crippen MR) is 94.0 cm³/mol. The molecule has 0 atom stereocenters. The van der Waals surface area contributed by atoms with Crippen LogP contribution < -0.4 is 4.74 Å². The number of hydrogen-bond acceptors (Lipinski definition) is 6. The highest BCUT2D eigenvalue weighted by molar-refractivity contribution is 6.33. The largest absolute Gasteiger partial charge is 0.504 e. The van der Waals surface area contributed by atoms with E-state index in [1.54, 1.807) is 28.6 Å². The van der Waals surface area contributed by atoms with Crippen LogP contribution in [0.15, 0.2) is 23.3 Å². The fraction of sp³-hybridized carbons (Fsp3) is 0.250. The lowest BCUT2D eigenvalue weighted by atomic mass is 10.2. The summed E-state index contributed by atoms with van der Waals surface area (Å²) in [4.78, 5) is 0. The lowest BCUT2D eigenvalue weighted by Gasteiger charge is -2.07. The number of aryl methyl sites for hydroxylation is 3. The van der Waals surface area contributed by atoms with Gasteiger partial charge in [0.2, 0.25) is 0 Å². The van der Waals surface area contributed by atoms with Crippen LogP contribution in [0.4, 0.5) is 0 Å². The van der Waals surface area contributed by atoms with Crippen molar-refractivity contribution in [3.8, 4) is 17.4 Å². The van der Waals surface area contributed by atoms with Crippen LogP contribution in [0.1, 0.15) is 22.8 Å². The van der Waals surface area contributed by atoms with E-state index < -0.39 is 0 Å². The number of nitrogens with zero attached hydrogens (tertiary/aromatic N) is 6. The number of phenols is 1. The molecule has 1 aromatic carbocycles. The van der Waals surface area contributed by atoms with E-state index in [0.717, 1.165) is 11.4 Å². The quantitative estimate of drug-likeness (QED) is 0.722. The van der Waals surface area contributed by atoms with Crippen LogP contribution in [-0.4, -0.2) is 43.1 Å². The third-order valence-electron chi connectivity index (χ3n) is 3.59. The normalized spacial score (nSPS) is 11.4. The molecule has 0 saturated carbocycles. The van der Waals surface area contributed by atoms with Crippen molar-refractivity contribution >= 4 is 17.8 Å². The molecule has 130 valence electrons. The number of phenolic OH excluding ortho intramolecular Hbond substituents is 1. The van der Waals surface area contributed by atoms with E-state index in [1.807, 2.05) is 19.9 Å². The first kappa shape index (κ1) is 17.0. The van der Waals surface area contributed by atoms with Crippen molar-refractivity contribution < 1.29 is 9.84 Å². The third kappa shape index (κ3) is 3.20. The second kappa shape index (κ2) is 6.56. The van der Waals surface area contributed by atoms with Crippen molar-refractivity contribution in [3.05, 3.63) is 46.0 Å². The van der Waals surface area contributed by atoms with Gasteiger partial charge in [-0.1, -0.05) is 11.6 Å². The SMILES string of the molecule is COc1cc(C=Nn2c(C)nnc2-n2nc(C)cc2C)c(Cl)cc1O. The van der Waals surface area contributed by atoms with E-state index in [4.69, 9.17) is 16.3 Å². The first-order valence-electron chi connectivity index (χ1n) is 7.47. The van der Waals surface area contributed by atoms with Gasteiger partial charge in [0.05, 0.1) is 24.0 Å². The molecule has 3 rings (SSSR count). The van der Waals surface area contributed by atoms with Crippen molar-refractivity contribution in [2.45, 2.75) is 20.8 Å². The Hall–Kier alpha value is -2.87. The number of rotatable bonds is 4. The van der Waals surface area contributed by atoms with Crippen molar-refractivity contribution in [2.24, 2.45) is 5.10 Å². The molecule has 2 aromatic heterocycles. The van der Waals surface area contributed by atoms with E-state index in [1.165, 1.54) is 13.2 Å². The van der Waals surface area contributed by atoms with Gasteiger partial charge in [0, 0.05) is 17.3 Å². The van der Waals surface area contributed by atoms with Crippen molar-refractivity contribution in [3.63, 3.8) is 0 Å². The maximum atomic E-state index is 9.75. The highest BCUT2D eigenvalue weighted by atomic mass is 35.5. The van der Waals surface area contributed by atoms with Crippen LogP contribution in [0.5, 0.6) is 11.5 Å². The maximum absolute atomic E-state index is 9.75. The average Bonchev–Trinajstić information content (AvgIpc) is 3.08. The van der Waals surface area contributed by atoms with Crippen LogP contribution in [0.3, 0.4) is 0 Å². The molecule has 2 heterocycles. The molecule has 0 aliphatic carbocycles. The Balaban J connectivity index is 2.03. The summed E-state index contributed by atoms with van der Waals surface area (Å²) in [6.45, 7) is 5.63. The van der Waals surface area contributed by atoms with E-state index in [-0.39, 0.29) is 5.75 Å². The van der Waals surface area contributed by atoms with Gasteiger partial charge < -0.3 is 9.84 Å². The molecule has 0 amide bonds. The van der Waals surface area contributed by atoms with Crippen LogP contribution in [0.2, 0.25) is 5.02 Å². The Morgan fingerprint density at radius 3 is 2.60 bits per heavy atom. The van der Waals surface area contributed by atoms with E-state index in [2.05, 4.69) is 20.4 Å². The molecule has 0 aliphatic heterocycles. The number of halogens is 1. The van der Waals surface area contributed by atoms with E-state index >= 15 is 0 Å². The Bertz CT molecular complexity index is 960. The number of benzene rings is 1.